The molecule has 0 N–H and O–H groups in total. The fourth-order valence-electron chi connectivity index (χ4n) is 3.71. The quantitative estimate of drug-likeness (QED) is 0.320. The minimum Gasteiger partial charge on any atom is -0.482 e. The molecule has 0 bridgehead atoms. The van der Waals surface area contributed by atoms with Crippen LogP contribution < -0.4 is 9.47 Å². The van der Waals surface area contributed by atoms with Crippen molar-refractivity contribution < 1.29 is 27.4 Å². The lowest BCUT2D eigenvalue weighted by Crippen LogP contribution is -2.40. The lowest BCUT2D eigenvalue weighted by molar-refractivity contribution is -0.153. The van der Waals surface area contributed by atoms with E-state index >= 15 is 0 Å². The number of rotatable bonds is 7. The molecule has 1 aliphatic rings. The van der Waals surface area contributed by atoms with Gasteiger partial charge in [-0.25, -0.2) is 0 Å². The lowest BCUT2D eigenvalue weighted by Gasteiger charge is -2.38. The van der Waals surface area contributed by atoms with Gasteiger partial charge in [0.2, 0.25) is 0 Å². The average Bonchev–Trinajstić information content (AvgIpc) is 2.65. The molecule has 3 nitrogen and oxygen atoms in total. The molecule has 31 heavy (non-hydrogen) atoms. The van der Waals surface area contributed by atoms with Crippen LogP contribution >= 0.6 is 11.6 Å². The van der Waals surface area contributed by atoms with Crippen molar-refractivity contribution in [3.8, 4) is 22.6 Å². The van der Waals surface area contributed by atoms with Gasteiger partial charge in [-0.3, -0.25) is 4.79 Å². The van der Waals surface area contributed by atoms with Gasteiger partial charge in [0, 0.05) is 11.6 Å². The van der Waals surface area contributed by atoms with Crippen molar-refractivity contribution in [2.75, 3.05) is 6.61 Å². The molecule has 0 atom stereocenters. The lowest BCUT2D eigenvalue weighted by atomic mass is 9.67. The molecule has 0 radical (unpaired) electrons. The Morgan fingerprint density at radius 1 is 1.16 bits per heavy atom. The van der Waals surface area contributed by atoms with Crippen LogP contribution in [0.1, 0.15) is 57.9 Å². The monoisotopic (exact) mass is 454 g/mol. The molecule has 0 saturated heterocycles. The van der Waals surface area contributed by atoms with Gasteiger partial charge in [-0.1, -0.05) is 63.1 Å². The minimum atomic E-state index is -4.51. The van der Waals surface area contributed by atoms with E-state index < -0.39 is 18.2 Å². The first-order valence-electron chi connectivity index (χ1n) is 10.4. The zero-order valence-electron chi connectivity index (χ0n) is 17.8. The van der Waals surface area contributed by atoms with Crippen molar-refractivity contribution in [1.82, 2.24) is 0 Å². The van der Waals surface area contributed by atoms with Gasteiger partial charge >= 0.3 is 12.1 Å². The van der Waals surface area contributed by atoms with Crippen LogP contribution in [-0.2, 0) is 4.79 Å². The molecule has 1 fully saturated rings. The second kappa shape index (κ2) is 9.11. The number of halogens is 4. The third kappa shape index (κ3) is 5.35. The Kier molecular flexibility index (Phi) is 6.89. The predicted molar refractivity (Wildman–Crippen MR) is 115 cm³/mol. The highest BCUT2D eigenvalue weighted by Crippen LogP contribution is 2.46. The fraction of sp³-hybridized carbons (Fsp3) is 0.458. The Morgan fingerprint density at radius 2 is 1.81 bits per heavy atom. The van der Waals surface area contributed by atoms with Gasteiger partial charge in [-0.2, -0.15) is 13.2 Å². The van der Waals surface area contributed by atoms with E-state index in [4.69, 9.17) is 21.1 Å². The summed E-state index contributed by atoms with van der Waals surface area (Å²) in [5.41, 5.74) is 1.56. The predicted octanol–water partition coefficient (Wildman–Crippen LogP) is 7.56. The summed E-state index contributed by atoms with van der Waals surface area (Å²) in [4.78, 5) is 12.7. The highest BCUT2D eigenvalue weighted by atomic mass is 35.5. The SMILES string of the molecule is CCC1(C(=O)Oc2cc(Cl)c(OCC(F)(F)F)c(-c3ccc(C(C)C)cc3)c2)CCC1. The number of carbonyl (C=O) groups is 1. The van der Waals surface area contributed by atoms with Gasteiger partial charge in [-0.05, 0) is 42.4 Å². The first-order chi connectivity index (χ1) is 14.5. The van der Waals surface area contributed by atoms with Crippen LogP contribution in [0, 0.1) is 5.41 Å². The fourth-order valence-corrected chi connectivity index (χ4v) is 3.97. The zero-order valence-corrected chi connectivity index (χ0v) is 18.6. The van der Waals surface area contributed by atoms with E-state index in [1.807, 2.05) is 32.9 Å². The van der Waals surface area contributed by atoms with E-state index in [-0.39, 0.29) is 22.5 Å². The van der Waals surface area contributed by atoms with Crippen molar-refractivity contribution in [3.05, 3.63) is 47.0 Å². The third-order valence-electron chi connectivity index (χ3n) is 5.92. The molecule has 0 heterocycles. The number of ether oxygens (including phenoxy) is 2. The summed E-state index contributed by atoms with van der Waals surface area (Å²) >= 11 is 6.29. The summed E-state index contributed by atoms with van der Waals surface area (Å²) in [6.07, 6.45) is -1.32. The zero-order chi connectivity index (χ0) is 22.8. The molecular weight excluding hydrogens is 429 g/mol. The van der Waals surface area contributed by atoms with Gasteiger partial charge in [0.25, 0.3) is 0 Å². The molecule has 3 rings (SSSR count). The molecular formula is C24H26ClF3O3. The Morgan fingerprint density at radius 3 is 2.29 bits per heavy atom. The summed E-state index contributed by atoms with van der Waals surface area (Å²) in [5, 5.41) is -0.0448. The molecule has 1 aliphatic carbocycles. The Labute approximate surface area is 185 Å². The second-order valence-corrected chi connectivity index (χ2v) is 8.75. The van der Waals surface area contributed by atoms with Gasteiger partial charge in [0.1, 0.15) is 11.5 Å². The molecule has 2 aromatic carbocycles. The standard InChI is InChI=1S/C24H26ClF3O3/c1-4-23(10-5-11-23)22(29)31-18-12-19(17-8-6-16(7-9-17)15(2)3)21(20(25)13-18)30-14-24(26,27)28/h6-9,12-13,15H,4-5,10-11,14H2,1-3H3. The third-order valence-corrected chi connectivity index (χ3v) is 6.20. The van der Waals surface area contributed by atoms with E-state index in [1.165, 1.54) is 12.1 Å². The summed E-state index contributed by atoms with van der Waals surface area (Å²) in [5.74, 6) is 0.0722. The summed E-state index contributed by atoms with van der Waals surface area (Å²) in [6.45, 7) is 4.58. The van der Waals surface area contributed by atoms with Crippen LogP contribution in [-0.4, -0.2) is 18.8 Å². The number of benzene rings is 2. The maximum Gasteiger partial charge on any atom is 0.422 e. The van der Waals surface area contributed by atoms with Gasteiger partial charge in [0.05, 0.1) is 10.4 Å². The minimum absolute atomic E-state index is 0.0448. The van der Waals surface area contributed by atoms with Gasteiger partial charge in [-0.15, -0.1) is 0 Å². The summed E-state index contributed by atoms with van der Waals surface area (Å²) in [6, 6.07) is 10.3. The summed E-state index contributed by atoms with van der Waals surface area (Å²) in [7, 11) is 0. The number of carbonyl (C=O) groups excluding carboxylic acids is 1. The molecule has 2 aromatic rings. The van der Waals surface area contributed by atoms with Crippen molar-refractivity contribution in [3.63, 3.8) is 0 Å². The van der Waals surface area contributed by atoms with Crippen molar-refractivity contribution in [2.24, 2.45) is 5.41 Å². The molecule has 0 unspecified atom stereocenters. The number of hydrogen-bond acceptors (Lipinski definition) is 3. The topological polar surface area (TPSA) is 35.5 Å². The molecule has 0 amide bonds. The van der Waals surface area contributed by atoms with E-state index in [9.17, 15) is 18.0 Å². The molecule has 168 valence electrons. The van der Waals surface area contributed by atoms with Gasteiger partial charge < -0.3 is 9.47 Å². The highest BCUT2D eigenvalue weighted by molar-refractivity contribution is 6.32. The molecule has 0 spiro atoms. The average molecular weight is 455 g/mol. The second-order valence-electron chi connectivity index (χ2n) is 8.34. The van der Waals surface area contributed by atoms with Crippen LogP contribution in [0.5, 0.6) is 11.5 Å². The Hall–Kier alpha value is -2.21. The van der Waals surface area contributed by atoms with Crippen molar-refractivity contribution >= 4 is 17.6 Å². The van der Waals surface area contributed by atoms with E-state index in [0.717, 1.165) is 24.8 Å². The number of alkyl halides is 3. The Bertz CT molecular complexity index is 927. The van der Waals surface area contributed by atoms with Crippen LogP contribution in [0.3, 0.4) is 0 Å². The van der Waals surface area contributed by atoms with E-state index in [0.29, 0.717) is 23.5 Å². The number of hydrogen-bond donors (Lipinski definition) is 0. The van der Waals surface area contributed by atoms with Crippen molar-refractivity contribution in [2.45, 2.75) is 58.5 Å². The summed E-state index contributed by atoms with van der Waals surface area (Å²) < 4.78 is 49.0. The maximum absolute atomic E-state index is 12.8. The Balaban J connectivity index is 1.98. The van der Waals surface area contributed by atoms with Crippen LogP contribution in [0.4, 0.5) is 13.2 Å². The maximum atomic E-state index is 12.8. The first kappa shape index (κ1) is 23.5. The molecule has 7 heteroatoms. The first-order valence-corrected chi connectivity index (χ1v) is 10.8. The molecule has 0 aliphatic heterocycles. The largest absolute Gasteiger partial charge is 0.482 e. The van der Waals surface area contributed by atoms with E-state index in [2.05, 4.69) is 0 Å². The van der Waals surface area contributed by atoms with E-state index in [1.54, 1.807) is 12.1 Å². The number of esters is 1. The smallest absolute Gasteiger partial charge is 0.422 e. The molecule has 0 aromatic heterocycles. The van der Waals surface area contributed by atoms with Crippen LogP contribution in [0.15, 0.2) is 36.4 Å². The normalized spacial score (nSPS) is 15.5. The van der Waals surface area contributed by atoms with Gasteiger partial charge in [0.15, 0.2) is 6.61 Å². The highest BCUT2D eigenvalue weighted by Gasteiger charge is 2.44. The van der Waals surface area contributed by atoms with Crippen LogP contribution in [0.25, 0.3) is 11.1 Å². The van der Waals surface area contributed by atoms with Crippen molar-refractivity contribution in [1.29, 1.82) is 0 Å². The van der Waals surface area contributed by atoms with Crippen LogP contribution in [0.2, 0.25) is 5.02 Å². The molecule has 1 saturated carbocycles.